The quantitative estimate of drug-likeness (QED) is 0.603. The first kappa shape index (κ1) is 19.1. The van der Waals surface area contributed by atoms with Crippen molar-refractivity contribution >= 4 is 28.6 Å². The topological polar surface area (TPSA) is 73.0 Å². The van der Waals surface area contributed by atoms with Crippen LogP contribution < -0.4 is 5.32 Å². The van der Waals surface area contributed by atoms with Crippen LogP contribution in [0.25, 0.3) is 22.6 Å². The number of para-hydroxylation sites is 1. The fourth-order valence-corrected chi connectivity index (χ4v) is 4.63. The number of furan rings is 1. The van der Waals surface area contributed by atoms with E-state index >= 15 is 0 Å². The van der Waals surface area contributed by atoms with Crippen LogP contribution in [0, 0.1) is 0 Å². The van der Waals surface area contributed by atoms with Crippen molar-refractivity contribution in [2.24, 2.45) is 0 Å². The van der Waals surface area contributed by atoms with Crippen LogP contribution in [0.15, 0.2) is 39.9 Å². The highest BCUT2D eigenvalue weighted by Gasteiger charge is 2.21. The number of nitrogens with zero attached hydrogens (tertiary/aromatic N) is 3. The lowest BCUT2D eigenvalue weighted by atomic mass is 9.95. The van der Waals surface area contributed by atoms with E-state index in [0.717, 1.165) is 29.0 Å². The number of benzene rings is 1. The fraction of sp³-hybridized carbons (Fsp3) is 0.476. The number of nitrogens with one attached hydrogen (secondary N) is 1. The molecule has 1 aliphatic rings. The van der Waals surface area contributed by atoms with E-state index in [4.69, 9.17) is 4.42 Å². The Morgan fingerprint density at radius 2 is 2.04 bits per heavy atom. The molecule has 1 amide bonds. The SMILES string of the molecule is CC(C)n1c(SCC(=O)NC2CCCCC2)nnc1-c1cc2ccccc2o1. The second-order valence-corrected chi connectivity index (χ2v) is 8.55. The molecule has 2 aromatic heterocycles. The van der Waals surface area contributed by atoms with E-state index in [1.54, 1.807) is 0 Å². The third kappa shape index (κ3) is 4.09. The van der Waals surface area contributed by atoms with E-state index in [0.29, 0.717) is 23.4 Å². The van der Waals surface area contributed by atoms with Gasteiger partial charge in [-0.3, -0.25) is 9.36 Å². The average Bonchev–Trinajstić information content (AvgIpc) is 3.31. The molecule has 4 rings (SSSR count). The van der Waals surface area contributed by atoms with Gasteiger partial charge in [-0.2, -0.15) is 0 Å². The standard InChI is InChI=1S/C21H26N4O2S/c1-14(2)25-20(18-12-15-8-6-7-11-17(15)27-18)23-24-21(25)28-13-19(26)22-16-9-4-3-5-10-16/h6-8,11-12,14,16H,3-5,9-10,13H2,1-2H3,(H,22,26). The molecule has 0 unspecified atom stereocenters. The molecule has 2 heterocycles. The smallest absolute Gasteiger partial charge is 0.230 e. The molecule has 0 aliphatic heterocycles. The minimum absolute atomic E-state index is 0.0699. The molecule has 0 atom stereocenters. The van der Waals surface area contributed by atoms with Crippen LogP contribution >= 0.6 is 11.8 Å². The number of hydrogen-bond acceptors (Lipinski definition) is 5. The van der Waals surface area contributed by atoms with E-state index in [1.807, 2.05) is 34.9 Å². The van der Waals surface area contributed by atoms with Gasteiger partial charge in [0.1, 0.15) is 5.58 Å². The summed E-state index contributed by atoms with van der Waals surface area (Å²) in [6, 6.07) is 10.4. The van der Waals surface area contributed by atoms with Crippen molar-refractivity contribution in [2.45, 2.75) is 63.2 Å². The molecule has 1 saturated carbocycles. The summed E-state index contributed by atoms with van der Waals surface area (Å²) >= 11 is 1.43. The van der Waals surface area contributed by atoms with Crippen LogP contribution in [0.1, 0.15) is 52.0 Å². The average molecular weight is 399 g/mol. The van der Waals surface area contributed by atoms with Crippen LogP contribution in [-0.2, 0) is 4.79 Å². The Labute approximate surface area is 169 Å². The first-order valence-electron chi connectivity index (χ1n) is 9.98. The molecule has 3 aromatic rings. The van der Waals surface area contributed by atoms with Gasteiger partial charge in [0.05, 0.1) is 5.75 Å². The van der Waals surface area contributed by atoms with E-state index in [-0.39, 0.29) is 11.9 Å². The Kier molecular flexibility index (Phi) is 5.71. The van der Waals surface area contributed by atoms with Crippen molar-refractivity contribution in [1.82, 2.24) is 20.1 Å². The number of fused-ring (bicyclic) bond motifs is 1. The van der Waals surface area contributed by atoms with Crippen LogP contribution in [0.4, 0.5) is 0 Å². The number of rotatable bonds is 6. The van der Waals surface area contributed by atoms with Crippen molar-refractivity contribution in [3.8, 4) is 11.6 Å². The minimum Gasteiger partial charge on any atom is -0.453 e. The second-order valence-electron chi connectivity index (χ2n) is 7.61. The van der Waals surface area contributed by atoms with Gasteiger partial charge in [-0.1, -0.05) is 49.2 Å². The summed E-state index contributed by atoms with van der Waals surface area (Å²) in [7, 11) is 0. The van der Waals surface area contributed by atoms with Gasteiger partial charge in [0, 0.05) is 17.5 Å². The van der Waals surface area contributed by atoms with Crippen LogP contribution in [-0.4, -0.2) is 32.5 Å². The largest absolute Gasteiger partial charge is 0.453 e. The maximum absolute atomic E-state index is 12.4. The third-order valence-electron chi connectivity index (χ3n) is 5.13. The third-order valence-corrected chi connectivity index (χ3v) is 6.07. The molecule has 1 aromatic carbocycles. The minimum atomic E-state index is 0.0699. The van der Waals surface area contributed by atoms with Crippen molar-refractivity contribution in [2.75, 3.05) is 5.75 Å². The lowest BCUT2D eigenvalue weighted by molar-refractivity contribution is -0.119. The second kappa shape index (κ2) is 8.39. The summed E-state index contributed by atoms with van der Waals surface area (Å²) < 4.78 is 8.01. The molecule has 1 aliphatic carbocycles. The molecule has 0 radical (unpaired) electrons. The fourth-order valence-electron chi connectivity index (χ4n) is 3.75. The van der Waals surface area contributed by atoms with Crippen LogP contribution in [0.3, 0.4) is 0 Å². The molecular weight excluding hydrogens is 372 g/mol. The zero-order valence-electron chi connectivity index (χ0n) is 16.4. The van der Waals surface area contributed by atoms with Crippen molar-refractivity contribution in [3.63, 3.8) is 0 Å². The summed E-state index contributed by atoms with van der Waals surface area (Å²) in [5.74, 6) is 1.81. The summed E-state index contributed by atoms with van der Waals surface area (Å²) in [6.45, 7) is 4.17. The molecule has 1 fully saturated rings. The van der Waals surface area contributed by atoms with Gasteiger partial charge in [-0.25, -0.2) is 0 Å². The van der Waals surface area contributed by atoms with Gasteiger partial charge in [0.2, 0.25) is 11.7 Å². The molecular formula is C21H26N4O2S. The van der Waals surface area contributed by atoms with Crippen LogP contribution in [0.5, 0.6) is 0 Å². The van der Waals surface area contributed by atoms with E-state index < -0.39 is 0 Å². The molecule has 0 spiro atoms. The predicted octanol–water partition coefficient (Wildman–Crippen LogP) is 4.81. The monoisotopic (exact) mass is 398 g/mol. The number of hydrogen-bond donors (Lipinski definition) is 1. The van der Waals surface area contributed by atoms with E-state index in [9.17, 15) is 4.79 Å². The van der Waals surface area contributed by atoms with Crippen molar-refractivity contribution in [3.05, 3.63) is 30.3 Å². The number of amides is 1. The Morgan fingerprint density at radius 3 is 2.79 bits per heavy atom. The highest BCUT2D eigenvalue weighted by Crippen LogP contribution is 2.31. The van der Waals surface area contributed by atoms with E-state index in [2.05, 4.69) is 29.4 Å². The zero-order valence-corrected chi connectivity index (χ0v) is 17.2. The summed E-state index contributed by atoms with van der Waals surface area (Å²) in [4.78, 5) is 12.4. The Morgan fingerprint density at radius 1 is 1.25 bits per heavy atom. The molecule has 28 heavy (non-hydrogen) atoms. The summed E-state index contributed by atoms with van der Waals surface area (Å²) in [5.41, 5.74) is 0.830. The number of thioether (sulfide) groups is 1. The first-order valence-corrected chi connectivity index (χ1v) is 11.0. The highest BCUT2D eigenvalue weighted by molar-refractivity contribution is 7.99. The van der Waals surface area contributed by atoms with Gasteiger partial charge in [-0.05, 0) is 38.8 Å². The summed E-state index contributed by atoms with van der Waals surface area (Å²) in [6.07, 6.45) is 5.88. The van der Waals surface area contributed by atoms with Gasteiger partial charge < -0.3 is 9.73 Å². The van der Waals surface area contributed by atoms with E-state index in [1.165, 1.54) is 31.0 Å². The Hall–Kier alpha value is -2.28. The molecule has 6 nitrogen and oxygen atoms in total. The van der Waals surface area contributed by atoms with Crippen molar-refractivity contribution < 1.29 is 9.21 Å². The predicted molar refractivity (Wildman–Crippen MR) is 111 cm³/mol. The molecule has 148 valence electrons. The molecule has 7 heteroatoms. The van der Waals surface area contributed by atoms with Gasteiger partial charge in [0.15, 0.2) is 10.9 Å². The normalized spacial score (nSPS) is 15.4. The van der Waals surface area contributed by atoms with Gasteiger partial charge in [-0.15, -0.1) is 10.2 Å². The molecule has 1 N–H and O–H groups in total. The lowest BCUT2D eigenvalue weighted by Gasteiger charge is -2.22. The lowest BCUT2D eigenvalue weighted by Crippen LogP contribution is -2.37. The van der Waals surface area contributed by atoms with Gasteiger partial charge >= 0.3 is 0 Å². The maximum atomic E-state index is 12.4. The number of aromatic nitrogens is 3. The first-order chi connectivity index (χ1) is 13.6. The zero-order chi connectivity index (χ0) is 19.5. The van der Waals surface area contributed by atoms with Gasteiger partial charge in [0.25, 0.3) is 0 Å². The maximum Gasteiger partial charge on any atom is 0.230 e. The Bertz CT molecular complexity index is 923. The molecule has 0 bridgehead atoms. The Balaban J connectivity index is 1.49. The number of carbonyl (C=O) groups is 1. The van der Waals surface area contributed by atoms with Crippen molar-refractivity contribution in [1.29, 1.82) is 0 Å². The highest BCUT2D eigenvalue weighted by atomic mass is 32.2. The van der Waals surface area contributed by atoms with Crippen LogP contribution in [0.2, 0.25) is 0 Å². The molecule has 0 saturated heterocycles. The number of carbonyl (C=O) groups excluding carboxylic acids is 1. The summed E-state index contributed by atoms with van der Waals surface area (Å²) in [5, 5.41) is 13.6.